The molecule has 0 saturated heterocycles. The van der Waals surface area contributed by atoms with Crippen LogP contribution in [0, 0.1) is 0 Å². The summed E-state index contributed by atoms with van der Waals surface area (Å²) in [5.74, 6) is 0. The number of aromatic amines is 1. The highest BCUT2D eigenvalue weighted by molar-refractivity contribution is 5.76. The fraction of sp³-hybridized carbons (Fsp3) is 0.250. The highest BCUT2D eigenvalue weighted by atomic mass is 16.1. The largest absolute Gasteiger partial charge is 0.383 e. The van der Waals surface area contributed by atoms with Gasteiger partial charge in [-0.1, -0.05) is 0 Å². The first-order chi connectivity index (χ1) is 8.36. The van der Waals surface area contributed by atoms with E-state index in [9.17, 15) is 4.79 Å². The summed E-state index contributed by atoms with van der Waals surface area (Å²) < 4.78 is 0. The van der Waals surface area contributed by atoms with Crippen molar-refractivity contribution >= 4 is 5.69 Å². The van der Waals surface area contributed by atoms with Crippen molar-refractivity contribution in [3.05, 3.63) is 40.4 Å². The minimum absolute atomic E-state index is 0.0974. The lowest BCUT2D eigenvalue weighted by molar-refractivity contribution is 0.799. The summed E-state index contributed by atoms with van der Waals surface area (Å²) in [6, 6.07) is 3.79. The van der Waals surface area contributed by atoms with E-state index in [1.165, 1.54) is 0 Å². The van der Waals surface area contributed by atoms with Crippen LogP contribution in [-0.2, 0) is 6.42 Å². The Bertz CT molecular complexity index is 591. The van der Waals surface area contributed by atoms with Crippen molar-refractivity contribution < 1.29 is 0 Å². The molecule has 5 nitrogen and oxygen atoms in total. The number of hydrogen-bond acceptors (Lipinski definition) is 4. The molecule has 17 heavy (non-hydrogen) atoms. The fourth-order valence-corrected chi connectivity index (χ4v) is 2.11. The first-order valence-electron chi connectivity index (χ1n) is 5.62. The van der Waals surface area contributed by atoms with E-state index in [2.05, 4.69) is 20.5 Å². The van der Waals surface area contributed by atoms with Crippen molar-refractivity contribution in [2.45, 2.75) is 12.8 Å². The fourth-order valence-electron chi connectivity index (χ4n) is 2.11. The summed E-state index contributed by atoms with van der Waals surface area (Å²) in [5, 5.41) is 9.94. The third kappa shape index (κ3) is 1.69. The molecule has 2 aromatic heterocycles. The van der Waals surface area contributed by atoms with E-state index in [-0.39, 0.29) is 5.56 Å². The monoisotopic (exact) mass is 228 g/mol. The molecule has 1 aliphatic heterocycles. The van der Waals surface area contributed by atoms with Gasteiger partial charge in [0.2, 0.25) is 0 Å². The normalized spacial score (nSPS) is 13.9. The Balaban J connectivity index is 2.22. The Morgan fingerprint density at radius 1 is 1.35 bits per heavy atom. The van der Waals surface area contributed by atoms with Crippen molar-refractivity contribution in [3.63, 3.8) is 0 Å². The molecule has 3 heterocycles. The van der Waals surface area contributed by atoms with Gasteiger partial charge in [0.05, 0.1) is 5.69 Å². The van der Waals surface area contributed by atoms with Crippen LogP contribution in [0.4, 0.5) is 5.69 Å². The standard InChI is InChI=1S/C12H12N4O/c17-12-9-4-2-6-14-11(9)10(15-16-12)8-3-1-5-13-7-8/h1,3,5,7,14H,2,4,6H2,(H,16,17). The maximum absolute atomic E-state index is 11.7. The summed E-state index contributed by atoms with van der Waals surface area (Å²) in [5.41, 5.74) is 3.24. The highest BCUT2D eigenvalue weighted by Crippen LogP contribution is 2.28. The van der Waals surface area contributed by atoms with E-state index in [4.69, 9.17) is 0 Å². The number of pyridine rings is 1. The average molecular weight is 228 g/mol. The van der Waals surface area contributed by atoms with Crippen LogP contribution in [-0.4, -0.2) is 21.7 Å². The minimum Gasteiger partial charge on any atom is -0.383 e. The Morgan fingerprint density at radius 3 is 3.12 bits per heavy atom. The molecule has 2 N–H and O–H groups in total. The molecule has 5 heteroatoms. The van der Waals surface area contributed by atoms with Gasteiger partial charge in [-0.3, -0.25) is 9.78 Å². The van der Waals surface area contributed by atoms with Gasteiger partial charge in [-0.25, -0.2) is 5.10 Å². The molecule has 0 spiro atoms. The van der Waals surface area contributed by atoms with Gasteiger partial charge in [-0.15, -0.1) is 0 Å². The highest BCUT2D eigenvalue weighted by Gasteiger charge is 2.18. The smallest absolute Gasteiger partial charge is 0.269 e. The van der Waals surface area contributed by atoms with Gasteiger partial charge in [0.1, 0.15) is 5.69 Å². The van der Waals surface area contributed by atoms with Gasteiger partial charge in [-0.05, 0) is 25.0 Å². The zero-order chi connectivity index (χ0) is 11.7. The number of nitrogens with zero attached hydrogens (tertiary/aromatic N) is 2. The molecule has 0 fully saturated rings. The van der Waals surface area contributed by atoms with Crippen LogP contribution in [0.1, 0.15) is 12.0 Å². The van der Waals surface area contributed by atoms with Crippen molar-refractivity contribution in [1.82, 2.24) is 15.2 Å². The Kier molecular flexibility index (Phi) is 2.36. The molecular weight excluding hydrogens is 216 g/mol. The lowest BCUT2D eigenvalue weighted by Gasteiger charge is -2.19. The number of aromatic nitrogens is 3. The van der Waals surface area contributed by atoms with Crippen molar-refractivity contribution in [2.24, 2.45) is 0 Å². The Labute approximate surface area is 97.9 Å². The molecule has 0 bridgehead atoms. The Hall–Kier alpha value is -2.17. The van der Waals surface area contributed by atoms with E-state index in [0.29, 0.717) is 0 Å². The van der Waals surface area contributed by atoms with Crippen LogP contribution in [0.2, 0.25) is 0 Å². The Morgan fingerprint density at radius 2 is 2.29 bits per heavy atom. The molecule has 0 aromatic carbocycles. The third-order valence-electron chi connectivity index (χ3n) is 2.92. The van der Waals surface area contributed by atoms with Gasteiger partial charge in [0, 0.05) is 30.1 Å². The first kappa shape index (κ1) is 10.0. The minimum atomic E-state index is -0.0974. The molecule has 3 rings (SSSR count). The van der Waals surface area contributed by atoms with Crippen LogP contribution in [0.25, 0.3) is 11.3 Å². The predicted molar refractivity (Wildman–Crippen MR) is 64.9 cm³/mol. The summed E-state index contributed by atoms with van der Waals surface area (Å²) in [4.78, 5) is 15.7. The van der Waals surface area contributed by atoms with Gasteiger partial charge in [0.25, 0.3) is 5.56 Å². The summed E-state index contributed by atoms with van der Waals surface area (Å²) in [7, 11) is 0. The number of fused-ring (bicyclic) bond motifs is 1. The third-order valence-corrected chi connectivity index (χ3v) is 2.92. The molecule has 0 atom stereocenters. The summed E-state index contributed by atoms with van der Waals surface area (Å²) >= 11 is 0. The lowest BCUT2D eigenvalue weighted by Crippen LogP contribution is -2.24. The van der Waals surface area contributed by atoms with Crippen LogP contribution in [0.15, 0.2) is 29.3 Å². The first-order valence-corrected chi connectivity index (χ1v) is 5.62. The molecule has 0 amide bonds. The van der Waals surface area contributed by atoms with E-state index < -0.39 is 0 Å². The van der Waals surface area contributed by atoms with E-state index in [1.54, 1.807) is 12.4 Å². The van der Waals surface area contributed by atoms with Gasteiger partial charge in [0.15, 0.2) is 0 Å². The van der Waals surface area contributed by atoms with Crippen LogP contribution >= 0.6 is 0 Å². The van der Waals surface area contributed by atoms with Crippen LogP contribution in [0.3, 0.4) is 0 Å². The number of rotatable bonds is 1. The molecule has 2 aromatic rings. The van der Waals surface area contributed by atoms with Gasteiger partial charge in [-0.2, -0.15) is 5.10 Å². The van der Waals surface area contributed by atoms with Crippen molar-refractivity contribution in [2.75, 3.05) is 11.9 Å². The van der Waals surface area contributed by atoms with E-state index in [1.807, 2.05) is 12.1 Å². The molecule has 0 saturated carbocycles. The quantitative estimate of drug-likeness (QED) is 0.769. The summed E-state index contributed by atoms with van der Waals surface area (Å²) in [6.07, 6.45) is 5.24. The lowest BCUT2D eigenvalue weighted by atomic mass is 10.0. The number of anilines is 1. The maximum Gasteiger partial charge on any atom is 0.269 e. The SMILES string of the molecule is O=c1[nH]nc(-c2cccnc2)c2c1CCCN2. The molecule has 0 aliphatic carbocycles. The van der Waals surface area contributed by atoms with Crippen molar-refractivity contribution in [3.8, 4) is 11.3 Å². The molecule has 0 unspecified atom stereocenters. The molecule has 0 radical (unpaired) electrons. The second-order valence-electron chi connectivity index (χ2n) is 4.03. The second-order valence-corrected chi connectivity index (χ2v) is 4.03. The van der Waals surface area contributed by atoms with Crippen molar-refractivity contribution in [1.29, 1.82) is 0 Å². The summed E-state index contributed by atoms with van der Waals surface area (Å²) in [6.45, 7) is 0.880. The average Bonchev–Trinajstić information content (AvgIpc) is 2.41. The van der Waals surface area contributed by atoms with E-state index >= 15 is 0 Å². The number of nitrogens with one attached hydrogen (secondary N) is 2. The van der Waals surface area contributed by atoms with Gasteiger partial charge >= 0.3 is 0 Å². The van der Waals surface area contributed by atoms with Crippen LogP contribution in [0.5, 0.6) is 0 Å². The van der Waals surface area contributed by atoms with Gasteiger partial charge < -0.3 is 5.32 Å². The zero-order valence-electron chi connectivity index (χ0n) is 9.23. The number of hydrogen-bond donors (Lipinski definition) is 2. The maximum atomic E-state index is 11.7. The van der Waals surface area contributed by atoms with Crippen LogP contribution < -0.4 is 10.9 Å². The zero-order valence-corrected chi connectivity index (χ0v) is 9.23. The molecule has 86 valence electrons. The molecule has 1 aliphatic rings. The predicted octanol–water partition coefficient (Wildman–Crippen LogP) is 1.19. The second kappa shape index (κ2) is 4.01. The number of H-pyrrole nitrogens is 1. The van der Waals surface area contributed by atoms with E-state index in [0.717, 1.165) is 41.9 Å². The molecular formula is C12H12N4O. The topological polar surface area (TPSA) is 70.7 Å².